The number of halogens is 1. The van der Waals surface area contributed by atoms with Crippen LogP contribution in [-0.2, 0) is 0 Å². The summed E-state index contributed by atoms with van der Waals surface area (Å²) in [5.41, 5.74) is 0. The molecule has 1 saturated heterocycles. The number of rotatable bonds is 4. The maximum atomic E-state index is 3.60. The Balaban J connectivity index is 1.70. The lowest BCUT2D eigenvalue weighted by Gasteiger charge is -2.37. The van der Waals surface area contributed by atoms with Gasteiger partial charge in [-0.2, -0.15) is 0 Å². The minimum absolute atomic E-state index is 0.228. The first-order chi connectivity index (χ1) is 8.33. The fourth-order valence-corrected chi connectivity index (χ4v) is 7.72. The molecule has 0 aromatic heterocycles. The Labute approximate surface area is 118 Å². The lowest BCUT2D eigenvalue weighted by Crippen LogP contribution is -2.28. The summed E-state index contributed by atoms with van der Waals surface area (Å²) < 4.78 is 0. The van der Waals surface area contributed by atoms with Gasteiger partial charge in [-0.25, -0.2) is 0 Å². The molecule has 0 atom stereocenters. The average Bonchev–Trinajstić information content (AvgIpc) is 2.40. The van der Waals surface area contributed by atoms with Crippen molar-refractivity contribution in [3.05, 3.63) is 0 Å². The van der Waals surface area contributed by atoms with E-state index in [9.17, 15) is 0 Å². The Hall–Kier alpha value is 0.697. The van der Waals surface area contributed by atoms with Crippen molar-refractivity contribution in [2.75, 3.05) is 5.33 Å². The van der Waals surface area contributed by atoms with E-state index in [1.165, 1.54) is 24.6 Å². The topological polar surface area (TPSA) is 0 Å². The summed E-state index contributed by atoms with van der Waals surface area (Å²) in [6.45, 7) is 2.43. The van der Waals surface area contributed by atoms with Crippen molar-refractivity contribution in [1.29, 1.82) is 0 Å². The summed E-state index contributed by atoms with van der Waals surface area (Å²) in [6.07, 6.45) is 10.8. The normalized spacial score (nSPS) is 39.2. The van der Waals surface area contributed by atoms with E-state index in [4.69, 9.17) is 0 Å². The van der Waals surface area contributed by atoms with Gasteiger partial charge in [-0.3, -0.25) is 0 Å². The molecule has 1 saturated carbocycles. The maximum absolute atomic E-state index is 3.60. The molecule has 0 aromatic rings. The third-order valence-corrected chi connectivity index (χ3v) is 9.46. The van der Waals surface area contributed by atoms with Crippen LogP contribution >= 0.6 is 15.9 Å². The summed E-state index contributed by atoms with van der Waals surface area (Å²) >= 11 is 3.60. The lowest BCUT2D eigenvalue weighted by atomic mass is 9.73. The van der Waals surface area contributed by atoms with Gasteiger partial charge in [0, 0.05) is 14.1 Å². The minimum Gasteiger partial charge on any atom is -0.0928 e. The highest BCUT2D eigenvalue weighted by atomic mass is 79.9. The Morgan fingerprint density at radius 3 is 2.06 bits per heavy atom. The zero-order chi connectivity index (χ0) is 12.1. The van der Waals surface area contributed by atoms with Crippen LogP contribution in [0.4, 0.5) is 0 Å². The van der Waals surface area contributed by atoms with Gasteiger partial charge in [0.2, 0.25) is 0 Å². The van der Waals surface area contributed by atoms with Crippen LogP contribution in [0.5, 0.6) is 0 Å². The molecule has 1 heterocycles. The van der Waals surface area contributed by atoms with Gasteiger partial charge in [0.1, 0.15) is 0 Å². The van der Waals surface area contributed by atoms with Crippen LogP contribution in [0.1, 0.15) is 51.9 Å². The van der Waals surface area contributed by atoms with Crippen LogP contribution in [0.15, 0.2) is 0 Å². The lowest BCUT2D eigenvalue weighted by molar-refractivity contribution is 0.189. The first-order valence-electron chi connectivity index (χ1n) is 7.89. The quantitative estimate of drug-likeness (QED) is 0.492. The molecule has 100 valence electrons. The standard InChI is InChI=1S/C15H29BrSi/c1-2-17-11-8-15(9-12-17)14-5-3-13(4-6-14)7-10-16/h13-15,17H,2-12H2,1H3/t13-,14-,15-,17-. The second-order valence-corrected chi connectivity index (χ2v) is 10.9. The largest absolute Gasteiger partial charge is 0.0928 e. The Morgan fingerprint density at radius 1 is 0.941 bits per heavy atom. The van der Waals surface area contributed by atoms with Gasteiger partial charge >= 0.3 is 0 Å². The van der Waals surface area contributed by atoms with Gasteiger partial charge in [-0.05, 0) is 37.0 Å². The van der Waals surface area contributed by atoms with Crippen LogP contribution in [0.25, 0.3) is 0 Å². The highest BCUT2D eigenvalue weighted by Gasteiger charge is 2.30. The molecular formula is C15H29BrSi. The molecule has 1 aliphatic carbocycles. The zero-order valence-corrected chi connectivity index (χ0v) is 14.2. The summed E-state index contributed by atoms with van der Waals surface area (Å²) in [7, 11) is -0.228. The van der Waals surface area contributed by atoms with Gasteiger partial charge in [-0.15, -0.1) is 0 Å². The number of alkyl halides is 1. The van der Waals surface area contributed by atoms with Gasteiger partial charge in [0.15, 0.2) is 0 Å². The molecule has 17 heavy (non-hydrogen) atoms. The van der Waals surface area contributed by atoms with Crippen LogP contribution in [0, 0.1) is 17.8 Å². The molecule has 2 fully saturated rings. The fourth-order valence-electron chi connectivity index (χ4n) is 4.17. The van der Waals surface area contributed by atoms with Crippen LogP contribution in [0.2, 0.25) is 18.1 Å². The summed E-state index contributed by atoms with van der Waals surface area (Å²) in [4.78, 5) is 0. The number of hydrogen-bond acceptors (Lipinski definition) is 0. The third-order valence-electron chi connectivity index (χ3n) is 5.54. The predicted molar refractivity (Wildman–Crippen MR) is 83.8 cm³/mol. The highest BCUT2D eigenvalue weighted by Crippen LogP contribution is 2.41. The van der Waals surface area contributed by atoms with Crippen molar-refractivity contribution >= 4 is 24.7 Å². The zero-order valence-electron chi connectivity index (χ0n) is 11.5. The summed E-state index contributed by atoms with van der Waals surface area (Å²) in [5.74, 6) is 3.30. The average molecular weight is 317 g/mol. The molecule has 0 N–H and O–H groups in total. The molecule has 1 aliphatic heterocycles. The second kappa shape index (κ2) is 7.33. The van der Waals surface area contributed by atoms with Gasteiger partial charge < -0.3 is 0 Å². The molecular weight excluding hydrogens is 288 g/mol. The van der Waals surface area contributed by atoms with Gasteiger partial charge in [-0.1, -0.05) is 66.7 Å². The van der Waals surface area contributed by atoms with Crippen molar-refractivity contribution in [3.8, 4) is 0 Å². The third kappa shape index (κ3) is 4.09. The van der Waals surface area contributed by atoms with Crippen LogP contribution in [-0.4, -0.2) is 14.1 Å². The molecule has 0 amide bonds. The maximum Gasteiger partial charge on any atom is 0.0365 e. The van der Waals surface area contributed by atoms with Crippen molar-refractivity contribution < 1.29 is 0 Å². The molecule has 0 nitrogen and oxygen atoms in total. The van der Waals surface area contributed by atoms with Crippen LogP contribution in [0.3, 0.4) is 0 Å². The van der Waals surface area contributed by atoms with E-state index in [0.717, 1.165) is 17.8 Å². The first kappa shape index (κ1) is 14.1. The Kier molecular flexibility index (Phi) is 6.08. The summed E-state index contributed by atoms with van der Waals surface area (Å²) in [6, 6.07) is 4.90. The van der Waals surface area contributed by atoms with Crippen molar-refractivity contribution in [3.63, 3.8) is 0 Å². The van der Waals surface area contributed by atoms with E-state index >= 15 is 0 Å². The summed E-state index contributed by atoms with van der Waals surface area (Å²) in [5, 5.41) is 1.22. The molecule has 2 rings (SSSR count). The molecule has 0 spiro atoms. The SMILES string of the molecule is CC[Si@H]1CC[C@H]([C@H]2CC[C@H](CCBr)CC2)CC1. The van der Waals surface area contributed by atoms with Gasteiger partial charge in [0.05, 0.1) is 0 Å². The van der Waals surface area contributed by atoms with Crippen LogP contribution < -0.4 is 0 Å². The Morgan fingerprint density at radius 2 is 1.53 bits per heavy atom. The van der Waals surface area contributed by atoms with E-state index in [1.54, 1.807) is 43.8 Å². The minimum atomic E-state index is -0.228. The smallest absolute Gasteiger partial charge is 0.0365 e. The molecule has 2 aliphatic rings. The molecule has 0 unspecified atom stereocenters. The molecule has 0 radical (unpaired) electrons. The fraction of sp³-hybridized carbons (Fsp3) is 1.00. The van der Waals surface area contributed by atoms with E-state index in [2.05, 4.69) is 22.9 Å². The molecule has 0 bridgehead atoms. The first-order valence-corrected chi connectivity index (χ1v) is 11.5. The molecule has 0 aromatic carbocycles. The monoisotopic (exact) mass is 316 g/mol. The second-order valence-electron chi connectivity index (χ2n) is 6.45. The Bertz CT molecular complexity index is 203. The van der Waals surface area contributed by atoms with E-state index in [0.29, 0.717) is 0 Å². The number of hydrogen-bond donors (Lipinski definition) is 0. The van der Waals surface area contributed by atoms with Crippen molar-refractivity contribution in [2.24, 2.45) is 17.8 Å². The predicted octanol–water partition coefficient (Wildman–Crippen LogP) is 5.23. The van der Waals surface area contributed by atoms with E-state index in [-0.39, 0.29) is 8.80 Å². The highest BCUT2D eigenvalue weighted by molar-refractivity contribution is 9.09. The van der Waals surface area contributed by atoms with Gasteiger partial charge in [0.25, 0.3) is 0 Å². The van der Waals surface area contributed by atoms with E-state index in [1.807, 2.05) is 0 Å². The van der Waals surface area contributed by atoms with Crippen molar-refractivity contribution in [1.82, 2.24) is 0 Å². The van der Waals surface area contributed by atoms with Crippen molar-refractivity contribution in [2.45, 2.75) is 70.0 Å². The van der Waals surface area contributed by atoms with E-state index < -0.39 is 0 Å². The molecule has 2 heteroatoms.